The number of para-hydroxylation sites is 1. The summed E-state index contributed by atoms with van der Waals surface area (Å²) < 4.78 is 7.83. The van der Waals surface area contributed by atoms with Gasteiger partial charge in [-0.15, -0.1) is 16.8 Å². The normalized spacial score (nSPS) is 11.1. The summed E-state index contributed by atoms with van der Waals surface area (Å²) in [6.45, 7) is 8.39. The van der Waals surface area contributed by atoms with Gasteiger partial charge in [0.05, 0.1) is 5.75 Å². The first-order valence-corrected chi connectivity index (χ1v) is 11.6. The number of nitrogens with one attached hydrogen (secondary N) is 1. The number of anilines is 1. The van der Waals surface area contributed by atoms with E-state index in [2.05, 4.69) is 29.0 Å². The average molecular weight is 467 g/mol. The van der Waals surface area contributed by atoms with E-state index in [1.165, 1.54) is 11.8 Å². The number of allylic oxidation sites excluding steroid dienone is 1. The van der Waals surface area contributed by atoms with Crippen LogP contribution in [-0.4, -0.2) is 26.4 Å². The molecule has 1 amide bonds. The van der Waals surface area contributed by atoms with Crippen molar-refractivity contribution in [2.24, 2.45) is 0 Å². The summed E-state index contributed by atoms with van der Waals surface area (Å²) in [5.74, 6) is 1.28. The smallest absolute Gasteiger partial charge is 0.234 e. The molecule has 0 fully saturated rings. The maximum absolute atomic E-state index is 12.7. The maximum Gasteiger partial charge on any atom is 0.234 e. The second-order valence-electron chi connectivity index (χ2n) is 7.30. The van der Waals surface area contributed by atoms with Gasteiger partial charge >= 0.3 is 0 Å². The Labute approximate surface area is 195 Å². The zero-order valence-corrected chi connectivity index (χ0v) is 19.5. The molecule has 0 bridgehead atoms. The molecule has 1 N–H and O–H groups in total. The number of nitrogens with zero attached hydrogens (tertiary/aromatic N) is 3. The van der Waals surface area contributed by atoms with E-state index in [-0.39, 0.29) is 11.7 Å². The molecule has 4 rings (SSSR count). The molecule has 2 heterocycles. The van der Waals surface area contributed by atoms with Gasteiger partial charge in [-0.1, -0.05) is 54.6 Å². The number of fused-ring (bicyclic) bond motifs is 1. The zero-order valence-electron chi connectivity index (χ0n) is 17.9. The van der Waals surface area contributed by atoms with Gasteiger partial charge in [0.1, 0.15) is 5.58 Å². The number of aryl methyl sites for hydroxylation is 2. The number of benzene rings is 2. The fourth-order valence-corrected chi connectivity index (χ4v) is 4.43. The number of hydrogen-bond acceptors (Lipinski definition) is 5. The van der Waals surface area contributed by atoms with Crippen molar-refractivity contribution in [1.29, 1.82) is 0 Å². The number of thioether (sulfide) groups is 1. The number of amides is 1. The van der Waals surface area contributed by atoms with Gasteiger partial charge in [-0.3, -0.25) is 9.36 Å². The highest BCUT2D eigenvalue weighted by atomic mass is 35.5. The molecule has 0 atom stereocenters. The standard InChI is InChI=1S/C24H23ClN4O2S/c1-4-11-29-23(20-13-17-12-18(25)9-10-19(17)31-20)27-28-24(29)32-14-21(30)26-22-15(3)7-6-8-16(22)5-2/h4,6-10,12-13H,1,5,11,14H2,2-3H3,(H,26,30). The largest absolute Gasteiger partial charge is 0.453 e. The topological polar surface area (TPSA) is 73.0 Å². The Morgan fingerprint density at radius 2 is 2.12 bits per heavy atom. The van der Waals surface area contributed by atoms with Gasteiger partial charge in [-0.05, 0) is 48.7 Å². The second kappa shape index (κ2) is 9.63. The van der Waals surface area contributed by atoms with Gasteiger partial charge in [0.15, 0.2) is 10.9 Å². The van der Waals surface area contributed by atoms with Gasteiger partial charge in [0, 0.05) is 22.6 Å². The molecule has 2 aromatic carbocycles. The van der Waals surface area contributed by atoms with Gasteiger partial charge in [0.25, 0.3) is 0 Å². The maximum atomic E-state index is 12.7. The van der Waals surface area contributed by atoms with E-state index in [4.69, 9.17) is 16.0 Å². The molecule has 6 nitrogen and oxygen atoms in total. The number of aromatic nitrogens is 3. The molecule has 0 spiro atoms. The van der Waals surface area contributed by atoms with Crippen LogP contribution in [0.3, 0.4) is 0 Å². The average Bonchev–Trinajstić information content (AvgIpc) is 3.37. The fraction of sp³-hybridized carbons (Fsp3) is 0.208. The minimum Gasteiger partial charge on any atom is -0.453 e. The van der Waals surface area contributed by atoms with E-state index in [9.17, 15) is 4.79 Å². The third kappa shape index (κ3) is 4.59. The molecule has 8 heteroatoms. The minimum absolute atomic E-state index is 0.0907. The highest BCUT2D eigenvalue weighted by molar-refractivity contribution is 7.99. The van der Waals surface area contributed by atoms with Gasteiger partial charge in [-0.25, -0.2) is 0 Å². The van der Waals surface area contributed by atoms with E-state index in [0.717, 1.165) is 34.2 Å². The number of furan rings is 1. The molecule has 4 aromatic rings. The number of halogens is 1. The number of hydrogen-bond donors (Lipinski definition) is 1. The molecule has 0 aliphatic heterocycles. The fourth-order valence-electron chi connectivity index (χ4n) is 3.50. The SMILES string of the molecule is C=CCn1c(SCC(=O)Nc2c(C)cccc2CC)nnc1-c1cc2cc(Cl)ccc2o1. The lowest BCUT2D eigenvalue weighted by Crippen LogP contribution is -2.16. The Hall–Kier alpha value is -3.03. The number of carbonyl (C=O) groups is 1. The summed E-state index contributed by atoms with van der Waals surface area (Å²) in [5, 5.41) is 13.8. The van der Waals surface area contributed by atoms with Crippen LogP contribution in [0.15, 0.2) is 64.7 Å². The minimum atomic E-state index is -0.0907. The molecule has 0 aliphatic rings. The van der Waals surface area contributed by atoms with Crippen molar-refractivity contribution in [2.75, 3.05) is 11.1 Å². The third-order valence-corrected chi connectivity index (χ3v) is 6.27. The highest BCUT2D eigenvalue weighted by Crippen LogP contribution is 2.31. The summed E-state index contributed by atoms with van der Waals surface area (Å²) in [7, 11) is 0. The molecule has 0 unspecified atom stereocenters. The lowest BCUT2D eigenvalue weighted by atomic mass is 10.1. The van der Waals surface area contributed by atoms with Crippen molar-refractivity contribution >= 4 is 45.9 Å². The molecular formula is C24H23ClN4O2S. The van der Waals surface area contributed by atoms with Crippen molar-refractivity contribution in [3.63, 3.8) is 0 Å². The van der Waals surface area contributed by atoms with Crippen LogP contribution in [-0.2, 0) is 17.8 Å². The quantitative estimate of drug-likeness (QED) is 0.249. The predicted octanol–water partition coefficient (Wildman–Crippen LogP) is 6.13. The molecule has 164 valence electrons. The Morgan fingerprint density at radius 3 is 2.91 bits per heavy atom. The van der Waals surface area contributed by atoms with E-state index >= 15 is 0 Å². The van der Waals surface area contributed by atoms with E-state index in [0.29, 0.717) is 28.3 Å². The van der Waals surface area contributed by atoms with Crippen LogP contribution < -0.4 is 5.32 Å². The molecule has 0 saturated heterocycles. The van der Waals surface area contributed by atoms with Crippen molar-refractivity contribution in [2.45, 2.75) is 32.0 Å². The van der Waals surface area contributed by atoms with Crippen LogP contribution in [0.25, 0.3) is 22.6 Å². The van der Waals surface area contributed by atoms with Crippen LogP contribution in [0.2, 0.25) is 5.02 Å². The predicted molar refractivity (Wildman–Crippen MR) is 130 cm³/mol. The lowest BCUT2D eigenvalue weighted by molar-refractivity contribution is -0.113. The molecule has 0 radical (unpaired) electrons. The van der Waals surface area contributed by atoms with Crippen LogP contribution >= 0.6 is 23.4 Å². The summed E-state index contributed by atoms with van der Waals surface area (Å²) in [5.41, 5.74) is 3.76. The Morgan fingerprint density at radius 1 is 1.28 bits per heavy atom. The second-order valence-corrected chi connectivity index (χ2v) is 8.68. The Kier molecular flexibility index (Phi) is 6.67. The van der Waals surface area contributed by atoms with E-state index in [1.54, 1.807) is 12.1 Å². The van der Waals surface area contributed by atoms with Gasteiger partial charge in [0.2, 0.25) is 11.7 Å². The zero-order chi connectivity index (χ0) is 22.7. The van der Waals surface area contributed by atoms with Crippen LogP contribution in [0.1, 0.15) is 18.1 Å². The lowest BCUT2D eigenvalue weighted by Gasteiger charge is -2.13. The van der Waals surface area contributed by atoms with E-state index < -0.39 is 0 Å². The molecule has 0 aliphatic carbocycles. The Balaban J connectivity index is 1.54. The third-order valence-electron chi connectivity index (χ3n) is 5.06. The van der Waals surface area contributed by atoms with Crippen LogP contribution in [0.4, 0.5) is 5.69 Å². The molecular weight excluding hydrogens is 444 g/mol. The Bertz CT molecular complexity index is 1290. The van der Waals surface area contributed by atoms with Crippen LogP contribution in [0, 0.1) is 6.92 Å². The van der Waals surface area contributed by atoms with Crippen molar-refractivity contribution < 1.29 is 9.21 Å². The first-order valence-electron chi connectivity index (χ1n) is 10.2. The van der Waals surface area contributed by atoms with Gasteiger partial charge < -0.3 is 9.73 Å². The highest BCUT2D eigenvalue weighted by Gasteiger charge is 2.19. The molecule has 0 saturated carbocycles. The van der Waals surface area contributed by atoms with Crippen molar-refractivity contribution in [3.8, 4) is 11.6 Å². The summed E-state index contributed by atoms with van der Waals surface area (Å²) in [6.07, 6.45) is 2.61. The number of carbonyl (C=O) groups excluding carboxylic acids is 1. The summed E-state index contributed by atoms with van der Waals surface area (Å²) >= 11 is 7.41. The summed E-state index contributed by atoms with van der Waals surface area (Å²) in [6, 6.07) is 13.4. The summed E-state index contributed by atoms with van der Waals surface area (Å²) in [4.78, 5) is 12.7. The van der Waals surface area contributed by atoms with E-state index in [1.807, 2.05) is 47.9 Å². The van der Waals surface area contributed by atoms with Crippen molar-refractivity contribution in [3.05, 3.63) is 71.3 Å². The van der Waals surface area contributed by atoms with Crippen LogP contribution in [0.5, 0.6) is 0 Å². The number of rotatable bonds is 8. The van der Waals surface area contributed by atoms with Crippen molar-refractivity contribution in [1.82, 2.24) is 14.8 Å². The van der Waals surface area contributed by atoms with Gasteiger partial charge in [-0.2, -0.15) is 0 Å². The first kappa shape index (κ1) is 22.2. The monoisotopic (exact) mass is 466 g/mol. The molecule has 32 heavy (non-hydrogen) atoms. The first-order chi connectivity index (χ1) is 15.5. The molecule has 2 aromatic heterocycles.